The van der Waals surface area contributed by atoms with Gasteiger partial charge in [0.2, 0.25) is 5.76 Å². The van der Waals surface area contributed by atoms with Gasteiger partial charge in [-0.3, -0.25) is 0 Å². The Labute approximate surface area is 157 Å². The van der Waals surface area contributed by atoms with Crippen LogP contribution in [0, 0.1) is 0 Å². The number of rotatable bonds is 12. The minimum atomic E-state index is -1.14. The minimum Gasteiger partial charge on any atom is -0.493 e. The maximum absolute atomic E-state index is 12.0. The van der Waals surface area contributed by atoms with E-state index in [1.165, 1.54) is 13.2 Å². The van der Waals surface area contributed by atoms with Crippen LogP contribution in [0.2, 0.25) is 0 Å². The van der Waals surface area contributed by atoms with Gasteiger partial charge in [0, 0.05) is 0 Å². The number of hydrogen-bond acceptors (Lipinski definition) is 9. The zero-order chi connectivity index (χ0) is 20.2. The molecule has 9 nitrogen and oxygen atoms in total. The quantitative estimate of drug-likeness (QED) is 0.217. The Morgan fingerprint density at radius 2 is 1.74 bits per heavy atom. The van der Waals surface area contributed by atoms with Crippen LogP contribution in [0.5, 0.6) is 11.5 Å². The van der Waals surface area contributed by atoms with Gasteiger partial charge in [-0.25, -0.2) is 4.79 Å². The molecule has 27 heavy (non-hydrogen) atoms. The molecule has 2 unspecified atom stereocenters. The second-order valence-electron chi connectivity index (χ2n) is 5.43. The molecule has 0 aliphatic rings. The lowest BCUT2D eigenvalue weighted by Gasteiger charge is -2.15. The number of hydrogen-bond donors (Lipinski definition) is 4. The van der Waals surface area contributed by atoms with Crippen molar-refractivity contribution in [1.29, 1.82) is 0 Å². The summed E-state index contributed by atoms with van der Waals surface area (Å²) in [6, 6.07) is 4.78. The zero-order valence-corrected chi connectivity index (χ0v) is 15.3. The Balaban J connectivity index is 3.07. The Bertz CT molecular complexity index is 615. The number of esters is 1. The molecule has 0 amide bonds. The molecule has 0 aliphatic heterocycles. The lowest BCUT2D eigenvalue weighted by molar-refractivity contribution is -0.143. The first kappa shape index (κ1) is 22.7. The molecule has 0 spiro atoms. The van der Waals surface area contributed by atoms with Gasteiger partial charge >= 0.3 is 5.97 Å². The van der Waals surface area contributed by atoms with Crippen LogP contribution < -0.4 is 9.47 Å². The van der Waals surface area contributed by atoms with Crippen molar-refractivity contribution in [3.05, 3.63) is 29.5 Å². The standard InChI is InChI=1S/C18H26O9/c1-3-25-18(23)17(27-11-14(22)9-20)7-12-4-5-15(24-2)16(6-12)26-10-13(21)8-19/h4-7,13-14,19-22H,3,8-11H2,1-2H3. The molecule has 152 valence electrons. The van der Waals surface area contributed by atoms with Crippen molar-refractivity contribution in [2.45, 2.75) is 19.1 Å². The molecule has 9 heteroatoms. The molecule has 0 aliphatic carbocycles. The monoisotopic (exact) mass is 386 g/mol. The lowest BCUT2D eigenvalue weighted by Crippen LogP contribution is -2.22. The van der Waals surface area contributed by atoms with Crippen LogP contribution in [0.1, 0.15) is 12.5 Å². The fourth-order valence-corrected chi connectivity index (χ4v) is 1.89. The Morgan fingerprint density at radius 3 is 2.33 bits per heavy atom. The van der Waals surface area contributed by atoms with Crippen LogP contribution in [-0.4, -0.2) is 78.7 Å². The summed E-state index contributed by atoms with van der Waals surface area (Å²) in [5.41, 5.74) is 0.505. The Kier molecular flexibility index (Phi) is 10.2. The first-order valence-electron chi connectivity index (χ1n) is 8.35. The summed E-state index contributed by atoms with van der Waals surface area (Å²) in [5.74, 6) is -0.198. The average molecular weight is 386 g/mol. The predicted molar refractivity (Wildman–Crippen MR) is 95.2 cm³/mol. The van der Waals surface area contributed by atoms with Crippen LogP contribution in [0.4, 0.5) is 0 Å². The van der Waals surface area contributed by atoms with Crippen molar-refractivity contribution in [3.8, 4) is 11.5 Å². The summed E-state index contributed by atoms with van der Waals surface area (Å²) in [7, 11) is 1.45. The highest BCUT2D eigenvalue weighted by Crippen LogP contribution is 2.29. The number of benzene rings is 1. The Morgan fingerprint density at radius 1 is 1.07 bits per heavy atom. The van der Waals surface area contributed by atoms with Crippen LogP contribution >= 0.6 is 0 Å². The fourth-order valence-electron chi connectivity index (χ4n) is 1.89. The molecule has 0 bridgehead atoms. The van der Waals surface area contributed by atoms with Gasteiger partial charge in [0.15, 0.2) is 11.5 Å². The van der Waals surface area contributed by atoms with Crippen LogP contribution in [0.15, 0.2) is 24.0 Å². The van der Waals surface area contributed by atoms with Gasteiger partial charge in [0.05, 0.1) is 26.9 Å². The number of aliphatic hydroxyl groups is 4. The van der Waals surface area contributed by atoms with Crippen LogP contribution in [-0.2, 0) is 14.3 Å². The van der Waals surface area contributed by atoms with Crippen molar-refractivity contribution >= 4 is 12.0 Å². The minimum absolute atomic E-state index is 0.137. The molecule has 1 rings (SSSR count). The van der Waals surface area contributed by atoms with Crippen molar-refractivity contribution in [1.82, 2.24) is 0 Å². The molecule has 0 heterocycles. The van der Waals surface area contributed by atoms with E-state index in [-0.39, 0.29) is 31.3 Å². The van der Waals surface area contributed by atoms with Crippen molar-refractivity contribution in [2.24, 2.45) is 0 Å². The largest absolute Gasteiger partial charge is 0.493 e. The van der Waals surface area contributed by atoms with Crippen molar-refractivity contribution in [3.63, 3.8) is 0 Å². The van der Waals surface area contributed by atoms with Gasteiger partial charge in [0.1, 0.15) is 25.4 Å². The number of aliphatic hydroxyl groups excluding tert-OH is 4. The number of ether oxygens (including phenoxy) is 4. The fraction of sp³-hybridized carbons (Fsp3) is 0.500. The summed E-state index contributed by atoms with van der Waals surface area (Å²) >= 11 is 0. The highest BCUT2D eigenvalue weighted by molar-refractivity contribution is 5.91. The van der Waals surface area contributed by atoms with E-state index in [1.54, 1.807) is 25.1 Å². The smallest absolute Gasteiger partial charge is 0.373 e. The zero-order valence-electron chi connectivity index (χ0n) is 15.3. The second-order valence-corrected chi connectivity index (χ2v) is 5.43. The highest BCUT2D eigenvalue weighted by Gasteiger charge is 2.16. The maximum Gasteiger partial charge on any atom is 0.373 e. The number of methoxy groups -OCH3 is 1. The van der Waals surface area contributed by atoms with E-state index in [2.05, 4.69) is 0 Å². The average Bonchev–Trinajstić information content (AvgIpc) is 2.68. The molecule has 4 N–H and O–H groups in total. The molecular formula is C18H26O9. The molecular weight excluding hydrogens is 360 g/mol. The van der Waals surface area contributed by atoms with E-state index < -0.39 is 31.4 Å². The van der Waals surface area contributed by atoms with Crippen molar-refractivity contribution in [2.75, 3.05) is 40.1 Å². The van der Waals surface area contributed by atoms with Gasteiger partial charge in [-0.1, -0.05) is 6.07 Å². The van der Waals surface area contributed by atoms with E-state index in [0.717, 1.165) is 0 Å². The summed E-state index contributed by atoms with van der Waals surface area (Å²) in [6.07, 6.45) is -0.804. The highest BCUT2D eigenvalue weighted by atomic mass is 16.6. The first-order valence-corrected chi connectivity index (χ1v) is 8.35. The lowest BCUT2D eigenvalue weighted by atomic mass is 10.1. The van der Waals surface area contributed by atoms with Gasteiger partial charge in [-0.2, -0.15) is 0 Å². The molecule has 0 saturated heterocycles. The topological polar surface area (TPSA) is 135 Å². The number of carbonyl (C=O) groups excluding carboxylic acids is 1. The normalized spacial score (nSPS) is 13.6. The summed E-state index contributed by atoms with van der Waals surface area (Å²) in [5, 5.41) is 36.6. The third-order valence-electron chi connectivity index (χ3n) is 3.25. The second kappa shape index (κ2) is 12.1. The van der Waals surface area contributed by atoms with Gasteiger partial charge in [-0.15, -0.1) is 0 Å². The summed E-state index contributed by atoms with van der Waals surface area (Å²) in [6.45, 7) is 0.384. The Hall–Kier alpha value is -2.33. The summed E-state index contributed by atoms with van der Waals surface area (Å²) in [4.78, 5) is 12.0. The van der Waals surface area contributed by atoms with Crippen LogP contribution in [0.3, 0.4) is 0 Å². The molecule has 0 fully saturated rings. The van der Waals surface area contributed by atoms with Gasteiger partial charge in [0.25, 0.3) is 0 Å². The molecule has 2 atom stereocenters. The third-order valence-corrected chi connectivity index (χ3v) is 3.25. The molecule has 0 radical (unpaired) electrons. The molecule has 0 aromatic heterocycles. The van der Waals surface area contributed by atoms with E-state index >= 15 is 0 Å². The molecule has 1 aromatic carbocycles. The van der Waals surface area contributed by atoms with E-state index in [0.29, 0.717) is 11.3 Å². The van der Waals surface area contributed by atoms with E-state index in [4.69, 9.17) is 29.2 Å². The maximum atomic E-state index is 12.0. The van der Waals surface area contributed by atoms with E-state index in [9.17, 15) is 15.0 Å². The predicted octanol–water partition coefficient (Wildman–Crippen LogP) is -0.299. The van der Waals surface area contributed by atoms with E-state index in [1.807, 2.05) is 0 Å². The third kappa shape index (κ3) is 7.83. The molecule has 0 saturated carbocycles. The van der Waals surface area contributed by atoms with Crippen LogP contribution in [0.25, 0.3) is 6.08 Å². The van der Waals surface area contributed by atoms with Gasteiger partial charge < -0.3 is 39.4 Å². The first-order chi connectivity index (χ1) is 12.9. The SMILES string of the molecule is CCOC(=O)C(=Cc1ccc(OC)c(OCC(O)CO)c1)OCC(O)CO. The van der Waals surface area contributed by atoms with Crippen molar-refractivity contribution < 1.29 is 44.2 Å². The number of carbonyl (C=O) groups is 1. The van der Waals surface area contributed by atoms with Gasteiger partial charge in [-0.05, 0) is 30.7 Å². The summed E-state index contributed by atoms with van der Waals surface area (Å²) < 4.78 is 20.8. The molecule has 1 aromatic rings.